The first-order chi connectivity index (χ1) is 17.6. The second-order valence-electron chi connectivity index (χ2n) is 10.0. The third kappa shape index (κ3) is 4.91. The second-order valence-corrected chi connectivity index (χ2v) is 10.0. The Hall–Kier alpha value is -2.78. The molecule has 2 fully saturated rings. The lowest BCUT2D eigenvalue weighted by atomic mass is 9.88. The van der Waals surface area contributed by atoms with Gasteiger partial charge in [-0.15, -0.1) is 0 Å². The number of ether oxygens (including phenoxy) is 1. The highest BCUT2D eigenvalue weighted by atomic mass is 16.5. The van der Waals surface area contributed by atoms with Crippen molar-refractivity contribution in [2.75, 3.05) is 53.0 Å². The van der Waals surface area contributed by atoms with Gasteiger partial charge in [-0.05, 0) is 43.8 Å². The first-order valence-electron chi connectivity index (χ1n) is 13.0. The van der Waals surface area contributed by atoms with Crippen LogP contribution in [0.1, 0.15) is 29.3 Å². The summed E-state index contributed by atoms with van der Waals surface area (Å²) in [6.45, 7) is 5.42. The Kier molecular flexibility index (Phi) is 7.67. The molecular weight excluding hydrogens is 456 g/mol. The molecule has 0 bridgehead atoms. The zero-order chi connectivity index (χ0) is 25.1. The number of pyridine rings is 1. The first kappa shape index (κ1) is 24.9. The molecule has 3 aliphatic heterocycles. The summed E-state index contributed by atoms with van der Waals surface area (Å²) in [5, 5.41) is 13.4. The van der Waals surface area contributed by atoms with Crippen molar-refractivity contribution in [3.8, 4) is 0 Å². The van der Waals surface area contributed by atoms with E-state index >= 15 is 0 Å². The lowest BCUT2D eigenvalue weighted by Crippen LogP contribution is -2.47. The average molecular weight is 493 g/mol. The summed E-state index contributed by atoms with van der Waals surface area (Å²) in [6, 6.07) is 13.3. The van der Waals surface area contributed by atoms with E-state index in [9.17, 15) is 14.7 Å². The van der Waals surface area contributed by atoms with Gasteiger partial charge in [-0.3, -0.25) is 19.4 Å². The lowest BCUT2D eigenvalue weighted by Gasteiger charge is -2.28. The van der Waals surface area contributed by atoms with Gasteiger partial charge < -0.3 is 19.7 Å². The van der Waals surface area contributed by atoms with Crippen molar-refractivity contribution in [3.05, 3.63) is 69.6 Å². The minimum Gasteiger partial charge on any atom is -0.396 e. The number of aliphatic hydroxyl groups is 1. The van der Waals surface area contributed by atoms with Gasteiger partial charge in [-0.1, -0.05) is 36.4 Å². The minimum absolute atomic E-state index is 0.0187. The summed E-state index contributed by atoms with van der Waals surface area (Å²) in [5.74, 6) is -0.240. The largest absolute Gasteiger partial charge is 0.396 e. The molecular formula is C28H36N4O4. The number of likely N-dealkylation sites (tertiary alicyclic amines) is 1. The fraction of sp³-hybridized carbons (Fsp3) is 0.500. The minimum atomic E-state index is -0.408. The molecule has 0 radical (unpaired) electrons. The van der Waals surface area contributed by atoms with Crippen LogP contribution in [0.3, 0.4) is 0 Å². The zero-order valence-corrected chi connectivity index (χ0v) is 20.9. The quantitative estimate of drug-likeness (QED) is 0.543. The molecule has 0 spiro atoms. The van der Waals surface area contributed by atoms with Crippen LogP contribution in [0.4, 0.5) is 0 Å². The lowest BCUT2D eigenvalue weighted by molar-refractivity contribution is -0.127. The molecule has 36 heavy (non-hydrogen) atoms. The van der Waals surface area contributed by atoms with Gasteiger partial charge in [-0.2, -0.15) is 0 Å². The van der Waals surface area contributed by atoms with Gasteiger partial charge in [0.05, 0.1) is 25.3 Å². The number of nitrogens with zero attached hydrogens (tertiary/aromatic N) is 3. The van der Waals surface area contributed by atoms with Gasteiger partial charge in [0.15, 0.2) is 0 Å². The van der Waals surface area contributed by atoms with E-state index in [4.69, 9.17) is 4.74 Å². The van der Waals surface area contributed by atoms with Crippen LogP contribution < -0.4 is 10.9 Å². The molecule has 3 aliphatic rings. The number of aliphatic hydroxyl groups excluding tert-OH is 1. The molecule has 2 saturated heterocycles. The predicted molar refractivity (Wildman–Crippen MR) is 139 cm³/mol. The summed E-state index contributed by atoms with van der Waals surface area (Å²) in [6.07, 6.45) is 4.69. The van der Waals surface area contributed by atoms with E-state index in [0.29, 0.717) is 18.7 Å². The number of aromatic nitrogens is 1. The molecule has 1 aromatic carbocycles. The highest BCUT2D eigenvalue weighted by molar-refractivity contribution is 5.82. The summed E-state index contributed by atoms with van der Waals surface area (Å²) in [7, 11) is 1.94. The number of nitrogens with one attached hydrogen (secondary N) is 1. The maximum Gasteiger partial charge on any atom is 0.258 e. The highest BCUT2D eigenvalue weighted by Gasteiger charge is 2.54. The van der Waals surface area contributed by atoms with Crippen molar-refractivity contribution < 1.29 is 14.6 Å². The average Bonchev–Trinajstić information content (AvgIpc) is 3.42. The van der Waals surface area contributed by atoms with E-state index in [2.05, 4.69) is 15.1 Å². The monoisotopic (exact) mass is 492 g/mol. The van der Waals surface area contributed by atoms with Gasteiger partial charge in [-0.25, -0.2) is 0 Å². The third-order valence-corrected chi connectivity index (χ3v) is 7.96. The number of benzene rings is 1. The van der Waals surface area contributed by atoms with Crippen molar-refractivity contribution in [1.82, 2.24) is 19.7 Å². The molecule has 5 rings (SSSR count). The maximum absolute atomic E-state index is 13.3. The number of hydrogen-bond acceptors (Lipinski definition) is 6. The Labute approximate surface area is 212 Å². The van der Waals surface area contributed by atoms with Crippen LogP contribution in [-0.4, -0.2) is 84.5 Å². The fourth-order valence-corrected chi connectivity index (χ4v) is 6.11. The Morgan fingerprint density at radius 2 is 1.92 bits per heavy atom. The van der Waals surface area contributed by atoms with E-state index in [1.54, 1.807) is 0 Å². The van der Waals surface area contributed by atoms with Crippen LogP contribution in [-0.2, 0) is 16.1 Å². The highest BCUT2D eigenvalue weighted by Crippen LogP contribution is 2.48. The van der Waals surface area contributed by atoms with Crippen LogP contribution in [0.2, 0.25) is 0 Å². The van der Waals surface area contributed by atoms with Crippen molar-refractivity contribution in [3.63, 3.8) is 0 Å². The molecule has 4 atom stereocenters. The summed E-state index contributed by atoms with van der Waals surface area (Å²) >= 11 is 0. The Bertz CT molecular complexity index is 1140. The maximum atomic E-state index is 13.3. The van der Waals surface area contributed by atoms with E-state index in [1.807, 2.05) is 66.2 Å². The van der Waals surface area contributed by atoms with Crippen LogP contribution in [0.5, 0.6) is 0 Å². The molecule has 4 heterocycles. The molecule has 2 N–H and O–H groups in total. The molecule has 8 nitrogen and oxygen atoms in total. The SMILES string of the molecule is CN1[C@@H]2c3ccc(C=Cc4ccccc4)c(=O)n3C[C@@H]2[C@@H](CO)[C@@H]1C(=O)NCCCN1CCOCC1. The van der Waals surface area contributed by atoms with Crippen molar-refractivity contribution in [2.45, 2.75) is 25.0 Å². The van der Waals surface area contributed by atoms with Crippen LogP contribution in [0.25, 0.3) is 12.2 Å². The second kappa shape index (κ2) is 11.1. The molecule has 0 saturated carbocycles. The molecule has 192 valence electrons. The summed E-state index contributed by atoms with van der Waals surface area (Å²) in [5.41, 5.74) is 2.58. The van der Waals surface area contributed by atoms with Crippen molar-refractivity contribution in [2.24, 2.45) is 11.8 Å². The molecule has 8 heteroatoms. The van der Waals surface area contributed by atoms with Gasteiger partial charge in [0.25, 0.3) is 5.56 Å². The number of fused-ring (bicyclic) bond motifs is 3. The van der Waals surface area contributed by atoms with Crippen LogP contribution in [0, 0.1) is 11.8 Å². The fourth-order valence-electron chi connectivity index (χ4n) is 6.11. The summed E-state index contributed by atoms with van der Waals surface area (Å²) in [4.78, 5) is 30.9. The van der Waals surface area contributed by atoms with Crippen molar-refractivity contribution in [1.29, 1.82) is 0 Å². The number of rotatable bonds is 8. The summed E-state index contributed by atoms with van der Waals surface area (Å²) < 4.78 is 7.22. The van der Waals surface area contributed by atoms with Crippen LogP contribution in [0.15, 0.2) is 47.3 Å². The molecule has 0 aliphatic carbocycles. The number of amides is 1. The van der Waals surface area contributed by atoms with Gasteiger partial charge in [0.1, 0.15) is 0 Å². The van der Waals surface area contributed by atoms with Gasteiger partial charge in [0.2, 0.25) is 5.91 Å². The van der Waals surface area contributed by atoms with Crippen LogP contribution >= 0.6 is 0 Å². The number of morpholine rings is 1. The Morgan fingerprint density at radius 1 is 1.14 bits per heavy atom. The van der Waals surface area contributed by atoms with Gasteiger partial charge in [0, 0.05) is 55.9 Å². The zero-order valence-electron chi connectivity index (χ0n) is 20.9. The molecule has 1 aromatic heterocycles. The Balaban J connectivity index is 1.26. The topological polar surface area (TPSA) is 87.0 Å². The van der Waals surface area contributed by atoms with E-state index in [0.717, 1.165) is 50.5 Å². The predicted octanol–water partition coefficient (Wildman–Crippen LogP) is 1.45. The van der Waals surface area contributed by atoms with E-state index in [1.165, 1.54) is 0 Å². The van der Waals surface area contributed by atoms with Gasteiger partial charge >= 0.3 is 0 Å². The normalized spacial score (nSPS) is 26.3. The number of likely N-dealkylation sites (N-methyl/N-ethyl adjacent to an activating group) is 1. The number of carbonyl (C=O) groups is 1. The Morgan fingerprint density at radius 3 is 2.67 bits per heavy atom. The van der Waals surface area contributed by atoms with E-state index in [-0.39, 0.29) is 36.0 Å². The van der Waals surface area contributed by atoms with E-state index < -0.39 is 6.04 Å². The molecule has 0 unspecified atom stereocenters. The smallest absolute Gasteiger partial charge is 0.258 e. The first-order valence-corrected chi connectivity index (χ1v) is 13.0. The standard InChI is InChI=1S/C28H36N4O4/c1-30-25-22(23(19-33)26(30)27(34)29-12-5-13-31-14-16-36-17-15-31)18-32-24(25)11-10-21(28(32)35)9-8-20-6-3-2-4-7-20/h2-4,6-11,22-23,25-26,33H,5,12-19H2,1H3,(H,29,34)/t22-,23-,25+,26-/m1/s1. The molecule has 1 amide bonds. The third-order valence-electron chi connectivity index (χ3n) is 7.96. The number of hydrogen-bond donors (Lipinski definition) is 2. The van der Waals surface area contributed by atoms with Crippen molar-refractivity contribution >= 4 is 18.1 Å². The molecule has 2 aromatic rings. The number of carbonyl (C=O) groups excluding carboxylic acids is 1.